The van der Waals surface area contributed by atoms with Gasteiger partial charge in [0.1, 0.15) is 12.4 Å². The molecule has 3 N–H and O–H groups in total. The molecule has 0 aliphatic rings. The molecule has 0 atom stereocenters. The molecule has 0 aliphatic heterocycles. The van der Waals surface area contributed by atoms with Gasteiger partial charge in [-0.2, -0.15) is 5.10 Å². The minimum atomic E-state index is -0.947. The lowest BCUT2D eigenvalue weighted by Gasteiger charge is -1.99. The van der Waals surface area contributed by atoms with Crippen LogP contribution < -0.4 is 5.73 Å². The molecule has 0 aromatic carbocycles. The maximum Gasteiger partial charge on any atom is 0.325 e. The molecule has 0 unspecified atom stereocenters. The third kappa shape index (κ3) is 1.70. The van der Waals surface area contributed by atoms with Gasteiger partial charge in [-0.1, -0.05) is 0 Å². The van der Waals surface area contributed by atoms with Gasteiger partial charge in [0.2, 0.25) is 0 Å². The van der Waals surface area contributed by atoms with Crippen molar-refractivity contribution in [2.45, 2.75) is 11.4 Å². The van der Waals surface area contributed by atoms with E-state index in [4.69, 9.17) is 10.8 Å². The van der Waals surface area contributed by atoms with E-state index in [0.717, 1.165) is 4.90 Å². The van der Waals surface area contributed by atoms with Crippen molar-refractivity contribution in [3.63, 3.8) is 0 Å². The fourth-order valence-corrected chi connectivity index (χ4v) is 1.26. The van der Waals surface area contributed by atoms with Crippen molar-refractivity contribution < 1.29 is 9.90 Å². The fourth-order valence-electron chi connectivity index (χ4n) is 0.789. The molecule has 0 radical (unpaired) electrons. The van der Waals surface area contributed by atoms with Crippen LogP contribution in [0.3, 0.4) is 0 Å². The summed E-state index contributed by atoms with van der Waals surface area (Å²) in [5.41, 5.74) is 5.58. The minimum absolute atomic E-state index is 0.188. The number of nitrogens with zero attached hydrogens (tertiary/aromatic N) is 2. The van der Waals surface area contributed by atoms with Crippen LogP contribution in [0.25, 0.3) is 0 Å². The van der Waals surface area contributed by atoms with Gasteiger partial charge in [-0.05, 0) is 6.26 Å². The summed E-state index contributed by atoms with van der Waals surface area (Å²) in [4.78, 5) is 11.1. The normalized spacial score (nSPS) is 10.1. The predicted molar refractivity (Wildman–Crippen MR) is 46.1 cm³/mol. The summed E-state index contributed by atoms with van der Waals surface area (Å²) in [5, 5.41) is 12.3. The van der Waals surface area contributed by atoms with Gasteiger partial charge in [-0.25, -0.2) is 4.68 Å². The first-order valence-electron chi connectivity index (χ1n) is 3.22. The minimum Gasteiger partial charge on any atom is -0.480 e. The number of hydrogen-bond donors (Lipinski definition) is 2. The maximum atomic E-state index is 10.3. The highest BCUT2D eigenvalue weighted by molar-refractivity contribution is 7.98. The molecule has 6 heteroatoms. The highest BCUT2D eigenvalue weighted by Gasteiger charge is 2.08. The van der Waals surface area contributed by atoms with Gasteiger partial charge >= 0.3 is 5.97 Å². The van der Waals surface area contributed by atoms with E-state index >= 15 is 0 Å². The third-order valence-corrected chi connectivity index (χ3v) is 2.10. The second-order valence-corrected chi connectivity index (χ2v) is 3.00. The van der Waals surface area contributed by atoms with Crippen molar-refractivity contribution in [3.05, 3.63) is 6.20 Å². The number of rotatable bonds is 3. The summed E-state index contributed by atoms with van der Waals surface area (Å²) >= 11 is 1.44. The fraction of sp³-hybridized carbons (Fsp3) is 0.333. The smallest absolute Gasteiger partial charge is 0.325 e. The monoisotopic (exact) mass is 187 g/mol. The van der Waals surface area contributed by atoms with E-state index in [1.165, 1.54) is 16.4 Å². The number of anilines is 1. The van der Waals surface area contributed by atoms with Crippen LogP contribution in [-0.4, -0.2) is 27.1 Å². The van der Waals surface area contributed by atoms with Crippen LogP contribution in [0.15, 0.2) is 11.1 Å². The van der Waals surface area contributed by atoms with Crippen molar-refractivity contribution in [1.82, 2.24) is 9.78 Å². The Balaban J connectivity index is 2.87. The number of carboxylic acids is 1. The van der Waals surface area contributed by atoms with E-state index in [0.29, 0.717) is 5.82 Å². The molecule has 0 bridgehead atoms. The highest BCUT2D eigenvalue weighted by Crippen LogP contribution is 2.21. The second kappa shape index (κ2) is 3.48. The molecule has 1 heterocycles. The molecule has 5 nitrogen and oxygen atoms in total. The molecule has 0 fully saturated rings. The van der Waals surface area contributed by atoms with Crippen LogP contribution in [0.1, 0.15) is 0 Å². The SMILES string of the molecule is CSc1cnn(CC(=O)O)c1N. The van der Waals surface area contributed by atoms with Crippen LogP contribution >= 0.6 is 11.8 Å². The van der Waals surface area contributed by atoms with Crippen LogP contribution in [0.2, 0.25) is 0 Å². The summed E-state index contributed by atoms with van der Waals surface area (Å²) in [7, 11) is 0. The zero-order valence-corrected chi connectivity index (χ0v) is 7.34. The van der Waals surface area contributed by atoms with Crippen molar-refractivity contribution in [3.8, 4) is 0 Å². The van der Waals surface area contributed by atoms with E-state index in [2.05, 4.69) is 5.10 Å². The molecular weight excluding hydrogens is 178 g/mol. The van der Waals surface area contributed by atoms with E-state index in [9.17, 15) is 4.79 Å². The second-order valence-electron chi connectivity index (χ2n) is 2.15. The molecule has 0 spiro atoms. The topological polar surface area (TPSA) is 81.1 Å². The van der Waals surface area contributed by atoms with E-state index in [1.54, 1.807) is 6.20 Å². The molecule has 0 saturated heterocycles. The Morgan fingerprint density at radius 1 is 1.92 bits per heavy atom. The average molecular weight is 187 g/mol. The lowest BCUT2D eigenvalue weighted by atomic mass is 10.6. The van der Waals surface area contributed by atoms with Gasteiger partial charge in [0, 0.05) is 0 Å². The quantitative estimate of drug-likeness (QED) is 0.664. The number of nitrogen functional groups attached to an aromatic ring is 1. The predicted octanol–water partition coefficient (Wildman–Crippen LogP) is 0.272. The van der Waals surface area contributed by atoms with Crippen LogP contribution in [0.4, 0.5) is 5.82 Å². The van der Waals surface area contributed by atoms with E-state index in [-0.39, 0.29) is 6.54 Å². The van der Waals surface area contributed by atoms with Crippen molar-refractivity contribution >= 4 is 23.5 Å². The molecule has 1 aromatic rings. The lowest BCUT2D eigenvalue weighted by molar-refractivity contribution is -0.137. The molecule has 12 heavy (non-hydrogen) atoms. The van der Waals surface area contributed by atoms with Crippen LogP contribution in [0, 0.1) is 0 Å². The lowest BCUT2D eigenvalue weighted by Crippen LogP contribution is -2.12. The first-order chi connectivity index (χ1) is 5.65. The Kier molecular flexibility index (Phi) is 2.59. The number of thioether (sulfide) groups is 1. The first kappa shape index (κ1) is 8.92. The number of carbonyl (C=O) groups is 1. The van der Waals surface area contributed by atoms with Crippen molar-refractivity contribution in [2.24, 2.45) is 0 Å². The summed E-state index contributed by atoms with van der Waals surface area (Å²) in [6, 6.07) is 0. The molecule has 0 aliphatic carbocycles. The summed E-state index contributed by atoms with van der Waals surface area (Å²) in [5.74, 6) is -0.539. The highest BCUT2D eigenvalue weighted by atomic mass is 32.2. The van der Waals surface area contributed by atoms with E-state index in [1.807, 2.05) is 6.26 Å². The number of aromatic nitrogens is 2. The Bertz CT molecular complexity index is 297. The summed E-state index contributed by atoms with van der Waals surface area (Å²) in [6.07, 6.45) is 3.42. The van der Waals surface area contributed by atoms with E-state index < -0.39 is 5.97 Å². The number of hydrogen-bond acceptors (Lipinski definition) is 4. The molecular formula is C6H9N3O2S. The maximum absolute atomic E-state index is 10.3. The Hall–Kier alpha value is -1.17. The molecule has 0 saturated carbocycles. The number of carboxylic acid groups (broad SMARTS) is 1. The van der Waals surface area contributed by atoms with Gasteiger partial charge in [-0.15, -0.1) is 11.8 Å². The Morgan fingerprint density at radius 2 is 2.58 bits per heavy atom. The molecule has 66 valence electrons. The largest absolute Gasteiger partial charge is 0.480 e. The van der Waals surface area contributed by atoms with Crippen molar-refractivity contribution in [1.29, 1.82) is 0 Å². The summed E-state index contributed by atoms with van der Waals surface area (Å²) < 4.78 is 1.26. The van der Waals surface area contributed by atoms with Crippen molar-refractivity contribution in [2.75, 3.05) is 12.0 Å². The van der Waals surface area contributed by atoms with Gasteiger partial charge in [-0.3, -0.25) is 4.79 Å². The summed E-state index contributed by atoms with van der Waals surface area (Å²) in [6.45, 7) is -0.188. The molecule has 1 rings (SSSR count). The van der Waals surface area contributed by atoms with Crippen LogP contribution in [-0.2, 0) is 11.3 Å². The van der Waals surface area contributed by atoms with Gasteiger partial charge in [0.15, 0.2) is 0 Å². The standard InChI is InChI=1S/C6H9N3O2S/c1-12-4-2-8-9(6(4)7)3-5(10)11/h2H,3,7H2,1H3,(H,10,11). The Morgan fingerprint density at radius 3 is 3.00 bits per heavy atom. The molecule has 0 amide bonds. The average Bonchev–Trinajstić information content (AvgIpc) is 2.32. The van der Waals surface area contributed by atoms with Gasteiger partial charge in [0.05, 0.1) is 11.1 Å². The zero-order valence-electron chi connectivity index (χ0n) is 6.52. The Labute approximate surface area is 73.6 Å². The molecule has 1 aromatic heterocycles. The first-order valence-corrected chi connectivity index (χ1v) is 4.44. The van der Waals surface area contributed by atoms with Crippen LogP contribution in [0.5, 0.6) is 0 Å². The zero-order chi connectivity index (χ0) is 9.14. The number of aliphatic carboxylic acids is 1. The van der Waals surface area contributed by atoms with Gasteiger partial charge < -0.3 is 10.8 Å². The van der Waals surface area contributed by atoms with Gasteiger partial charge in [0.25, 0.3) is 0 Å². The number of nitrogens with two attached hydrogens (primary N) is 1. The third-order valence-electron chi connectivity index (χ3n) is 1.35.